The fourth-order valence-corrected chi connectivity index (χ4v) is 8.66. The van der Waals surface area contributed by atoms with Crippen LogP contribution in [0.3, 0.4) is 0 Å². The van der Waals surface area contributed by atoms with Gasteiger partial charge in [-0.2, -0.15) is 0 Å². The van der Waals surface area contributed by atoms with Gasteiger partial charge < -0.3 is 4.74 Å². The van der Waals surface area contributed by atoms with Crippen molar-refractivity contribution < 1.29 is 9.53 Å². The van der Waals surface area contributed by atoms with Crippen LogP contribution >= 0.6 is 0 Å². The quantitative estimate of drug-likeness (QED) is 0.293. The average Bonchev–Trinajstić information content (AvgIpc) is 3.10. The summed E-state index contributed by atoms with van der Waals surface area (Å²) >= 11 is 0. The molecule has 0 N–H and O–H groups in total. The van der Waals surface area contributed by atoms with E-state index in [-0.39, 0.29) is 18.0 Å². The van der Waals surface area contributed by atoms with E-state index in [1.165, 1.54) is 57.8 Å². The number of allylic oxidation sites excluding steroid dienone is 1. The van der Waals surface area contributed by atoms with E-state index in [2.05, 4.69) is 33.8 Å². The summed E-state index contributed by atoms with van der Waals surface area (Å²) in [7, 11) is 0. The third-order valence-electron chi connectivity index (χ3n) is 10.4. The Bertz CT molecular complexity index is 691. The van der Waals surface area contributed by atoms with E-state index in [1.54, 1.807) is 5.57 Å². The maximum atomic E-state index is 12.1. The van der Waals surface area contributed by atoms with Crippen LogP contribution in [0.15, 0.2) is 11.6 Å². The van der Waals surface area contributed by atoms with E-state index in [1.807, 2.05) is 13.8 Å². The maximum absolute atomic E-state index is 12.1. The highest BCUT2D eigenvalue weighted by Crippen LogP contribution is 2.64. The summed E-state index contributed by atoms with van der Waals surface area (Å²) in [5.74, 6) is 6.15. The zero-order chi connectivity index (χ0) is 23.0. The third kappa shape index (κ3) is 4.72. The normalized spacial score (nSPS) is 39.8. The molecule has 0 aromatic carbocycles. The second kappa shape index (κ2) is 9.83. The predicted octanol–water partition coefficient (Wildman–Crippen LogP) is 8.21. The van der Waals surface area contributed by atoms with Gasteiger partial charge in [-0.1, -0.05) is 72.5 Å². The van der Waals surface area contributed by atoms with Crippen molar-refractivity contribution in [1.29, 1.82) is 0 Å². The summed E-state index contributed by atoms with van der Waals surface area (Å²) in [6.07, 6.45) is 17.4. The lowest BCUT2D eigenvalue weighted by Crippen LogP contribution is -2.47. The molecule has 4 aliphatic carbocycles. The first-order valence-electron chi connectivity index (χ1n) is 14.1. The molecule has 3 fully saturated rings. The smallest absolute Gasteiger partial charge is 0.308 e. The molecule has 4 aliphatic rings. The van der Waals surface area contributed by atoms with Gasteiger partial charge in [-0.25, -0.2) is 0 Å². The molecule has 0 saturated heterocycles. The maximum Gasteiger partial charge on any atom is 0.308 e. The van der Waals surface area contributed by atoms with E-state index in [4.69, 9.17) is 4.74 Å². The van der Waals surface area contributed by atoms with Crippen molar-refractivity contribution in [3.8, 4) is 0 Å². The molecule has 32 heavy (non-hydrogen) atoms. The van der Waals surface area contributed by atoms with Crippen molar-refractivity contribution in [2.75, 3.05) is 0 Å². The number of ether oxygens (including phenoxy) is 1. The molecule has 0 bridgehead atoms. The van der Waals surface area contributed by atoms with Crippen LogP contribution in [0.5, 0.6) is 0 Å². The highest BCUT2D eigenvalue weighted by molar-refractivity contribution is 5.71. The minimum Gasteiger partial charge on any atom is -0.462 e. The number of carbonyl (C=O) groups excluding carboxylic acids is 1. The van der Waals surface area contributed by atoms with Crippen molar-refractivity contribution >= 4 is 5.97 Å². The fraction of sp³-hybridized carbons (Fsp3) is 0.900. The van der Waals surface area contributed by atoms with Gasteiger partial charge in [0.1, 0.15) is 6.10 Å². The van der Waals surface area contributed by atoms with Crippen LogP contribution in [-0.2, 0) is 9.53 Å². The number of hydrogen-bond acceptors (Lipinski definition) is 2. The van der Waals surface area contributed by atoms with Gasteiger partial charge in [-0.05, 0) is 91.8 Å². The zero-order valence-corrected chi connectivity index (χ0v) is 21.9. The van der Waals surface area contributed by atoms with Crippen molar-refractivity contribution in [3.05, 3.63) is 11.6 Å². The fourth-order valence-electron chi connectivity index (χ4n) is 8.66. The Labute approximate surface area is 198 Å². The Kier molecular flexibility index (Phi) is 7.48. The molecule has 3 saturated carbocycles. The molecule has 8 atom stereocenters. The molecule has 5 unspecified atom stereocenters. The van der Waals surface area contributed by atoms with Crippen LogP contribution in [0.4, 0.5) is 0 Å². The van der Waals surface area contributed by atoms with Crippen molar-refractivity contribution in [2.45, 2.75) is 118 Å². The highest BCUT2D eigenvalue weighted by Gasteiger charge is 2.56. The van der Waals surface area contributed by atoms with Crippen LogP contribution in [-0.4, -0.2) is 12.1 Å². The molecule has 2 nitrogen and oxygen atoms in total. The zero-order valence-electron chi connectivity index (χ0n) is 21.9. The summed E-state index contributed by atoms with van der Waals surface area (Å²) < 4.78 is 5.83. The summed E-state index contributed by atoms with van der Waals surface area (Å²) in [5.41, 5.74) is 2.22. The molecule has 2 heteroatoms. The van der Waals surface area contributed by atoms with Gasteiger partial charge in [0.2, 0.25) is 0 Å². The highest BCUT2D eigenvalue weighted by atomic mass is 16.5. The lowest BCUT2D eigenvalue weighted by Gasteiger charge is -2.54. The molecule has 0 aromatic rings. The summed E-state index contributed by atoms with van der Waals surface area (Å²) in [4.78, 5) is 12.1. The average molecular weight is 443 g/mol. The van der Waals surface area contributed by atoms with Crippen LogP contribution in [0.1, 0.15) is 112 Å². The van der Waals surface area contributed by atoms with Gasteiger partial charge >= 0.3 is 5.97 Å². The van der Waals surface area contributed by atoms with E-state index >= 15 is 0 Å². The van der Waals surface area contributed by atoms with Gasteiger partial charge in [-0.15, -0.1) is 0 Å². The number of carbonyl (C=O) groups is 1. The van der Waals surface area contributed by atoms with Gasteiger partial charge in [-0.3, -0.25) is 4.79 Å². The Balaban J connectivity index is 1.40. The molecule has 0 aliphatic heterocycles. The van der Waals surface area contributed by atoms with Crippen LogP contribution in [0, 0.1) is 52.8 Å². The molecule has 0 aromatic heterocycles. The van der Waals surface area contributed by atoms with E-state index in [0.717, 1.165) is 54.3 Å². The standard InChI is InChI=1S/C30H50O2/c1-19(2)8-7-9-21(5)27-14-15-28-26-12-10-22-18-23(32-29(31)20(3)4)11-13-24(22)25(26)16-17-30(27,28)6/h10,19-21,23-28H,7-9,11-18H2,1-6H3/t21-,23+,24?,25?,26?,27?,28?,30-/m1/s1. The van der Waals surface area contributed by atoms with Crippen molar-refractivity contribution in [1.82, 2.24) is 0 Å². The first kappa shape index (κ1) is 24.3. The minimum atomic E-state index is -0.0179. The molecule has 0 spiro atoms. The Morgan fingerprint density at radius 3 is 2.53 bits per heavy atom. The summed E-state index contributed by atoms with van der Waals surface area (Å²) in [5, 5.41) is 0. The van der Waals surface area contributed by atoms with Gasteiger partial charge in [0, 0.05) is 6.42 Å². The van der Waals surface area contributed by atoms with E-state index in [9.17, 15) is 4.79 Å². The summed E-state index contributed by atoms with van der Waals surface area (Å²) in [6, 6.07) is 0. The molecular formula is C30H50O2. The molecular weight excluding hydrogens is 392 g/mol. The second-order valence-corrected chi connectivity index (χ2v) is 13.1. The number of hydrogen-bond donors (Lipinski definition) is 0. The minimum absolute atomic E-state index is 0.0171. The van der Waals surface area contributed by atoms with Crippen LogP contribution in [0.25, 0.3) is 0 Å². The predicted molar refractivity (Wildman–Crippen MR) is 133 cm³/mol. The Hall–Kier alpha value is -0.790. The first-order valence-corrected chi connectivity index (χ1v) is 14.1. The lowest BCUT2D eigenvalue weighted by atomic mass is 9.51. The van der Waals surface area contributed by atoms with Crippen molar-refractivity contribution in [2.24, 2.45) is 52.8 Å². The third-order valence-corrected chi connectivity index (χ3v) is 10.4. The van der Waals surface area contributed by atoms with Crippen LogP contribution < -0.4 is 0 Å². The Morgan fingerprint density at radius 1 is 1.03 bits per heavy atom. The monoisotopic (exact) mass is 442 g/mol. The molecule has 182 valence electrons. The topological polar surface area (TPSA) is 26.3 Å². The number of fused-ring (bicyclic) bond motifs is 5. The lowest BCUT2D eigenvalue weighted by molar-refractivity contribution is -0.154. The molecule has 0 radical (unpaired) electrons. The van der Waals surface area contributed by atoms with Gasteiger partial charge in [0.15, 0.2) is 0 Å². The largest absolute Gasteiger partial charge is 0.462 e. The first-order chi connectivity index (χ1) is 15.2. The second-order valence-electron chi connectivity index (χ2n) is 13.1. The van der Waals surface area contributed by atoms with Crippen LogP contribution in [0.2, 0.25) is 0 Å². The molecule has 0 heterocycles. The summed E-state index contributed by atoms with van der Waals surface area (Å²) in [6.45, 7) is 13.9. The van der Waals surface area contributed by atoms with E-state index < -0.39 is 0 Å². The number of rotatable bonds is 7. The van der Waals surface area contributed by atoms with Crippen molar-refractivity contribution in [3.63, 3.8) is 0 Å². The number of esters is 1. The molecule has 0 amide bonds. The molecule has 4 rings (SSSR count). The van der Waals surface area contributed by atoms with E-state index in [0.29, 0.717) is 5.41 Å². The van der Waals surface area contributed by atoms with Gasteiger partial charge in [0.05, 0.1) is 5.92 Å². The Morgan fingerprint density at radius 2 is 1.81 bits per heavy atom. The van der Waals surface area contributed by atoms with Gasteiger partial charge in [0.25, 0.3) is 0 Å². The SMILES string of the molecule is CC(C)CCC[C@@H](C)C1CCC2C3CC=C4C[C@@H](OC(=O)C(C)C)CCC4C3CC[C@@]21C.